The van der Waals surface area contributed by atoms with Crippen LogP contribution in [0.2, 0.25) is 0 Å². The van der Waals surface area contributed by atoms with Crippen molar-refractivity contribution < 1.29 is 9.47 Å². The van der Waals surface area contributed by atoms with Crippen LogP contribution in [-0.2, 0) is 0 Å². The van der Waals surface area contributed by atoms with E-state index in [0.29, 0.717) is 0 Å². The van der Waals surface area contributed by atoms with Crippen LogP contribution in [-0.4, -0.2) is 34.3 Å². The first-order chi connectivity index (χ1) is 10.8. The van der Waals surface area contributed by atoms with Crippen molar-refractivity contribution in [3.63, 3.8) is 0 Å². The topological polar surface area (TPSA) is 48.7 Å². The number of thioether (sulfide) groups is 1. The lowest BCUT2D eigenvalue weighted by Crippen LogP contribution is -1.98. The van der Waals surface area contributed by atoms with Crippen molar-refractivity contribution >= 4 is 17.4 Å². The largest absolute Gasteiger partial charge is 0.497 e. The van der Waals surface area contributed by atoms with Crippen LogP contribution in [0.4, 0.5) is 0 Å². The maximum absolute atomic E-state index is 5.48. The average Bonchev–Trinajstić information content (AvgIpc) is 3.03. The Morgan fingerprint density at radius 1 is 1.18 bits per heavy atom. The Bertz CT molecular complexity index is 801. The third-order valence-corrected chi connectivity index (χ3v) is 4.15. The normalized spacial score (nSPS) is 10.9. The number of fused-ring (bicyclic) bond motifs is 1. The lowest BCUT2D eigenvalue weighted by Gasteiger charge is -2.11. The highest BCUT2D eigenvalue weighted by atomic mass is 32.2. The molecule has 0 radical (unpaired) electrons. The summed E-state index contributed by atoms with van der Waals surface area (Å²) in [5.41, 5.74) is 2.64. The molecule has 22 heavy (non-hydrogen) atoms. The number of hydrogen-bond acceptors (Lipinski definition) is 5. The van der Waals surface area contributed by atoms with Gasteiger partial charge in [0.25, 0.3) is 0 Å². The van der Waals surface area contributed by atoms with Crippen LogP contribution in [0.1, 0.15) is 6.92 Å². The highest BCUT2D eigenvalue weighted by Gasteiger charge is 2.13. The standard InChI is InChI=1S/C16H17N3O2S/c1-4-22-16-18-13(10-15-17-7-8-19(15)16)12-6-5-11(20-2)9-14(12)21-3/h5-10H,4H2,1-3H3. The molecule has 0 atom stereocenters. The molecule has 2 aromatic heterocycles. The first-order valence-electron chi connectivity index (χ1n) is 6.96. The first kappa shape index (κ1) is 14.7. The van der Waals surface area contributed by atoms with Gasteiger partial charge in [0.15, 0.2) is 5.16 Å². The Balaban J connectivity index is 2.17. The molecule has 1 aromatic carbocycles. The third-order valence-electron chi connectivity index (χ3n) is 3.32. The molecular weight excluding hydrogens is 298 g/mol. The maximum Gasteiger partial charge on any atom is 0.174 e. The van der Waals surface area contributed by atoms with Crippen LogP contribution in [0.25, 0.3) is 16.9 Å². The molecule has 0 amide bonds. The number of ether oxygens (including phenoxy) is 2. The third kappa shape index (κ3) is 2.62. The summed E-state index contributed by atoms with van der Waals surface area (Å²) < 4.78 is 12.7. The average molecular weight is 315 g/mol. The molecule has 0 bridgehead atoms. The molecule has 5 nitrogen and oxygen atoms in total. The van der Waals surface area contributed by atoms with Crippen molar-refractivity contribution in [3.8, 4) is 22.8 Å². The molecule has 0 aliphatic heterocycles. The molecule has 0 spiro atoms. The predicted octanol–water partition coefficient (Wildman–Crippen LogP) is 3.53. The minimum Gasteiger partial charge on any atom is -0.497 e. The molecule has 0 unspecified atom stereocenters. The number of imidazole rings is 1. The Kier molecular flexibility index (Phi) is 4.20. The number of hydrogen-bond donors (Lipinski definition) is 0. The predicted molar refractivity (Wildman–Crippen MR) is 87.9 cm³/mol. The number of rotatable bonds is 5. The van der Waals surface area contributed by atoms with Crippen molar-refractivity contribution in [3.05, 3.63) is 36.7 Å². The maximum atomic E-state index is 5.48. The van der Waals surface area contributed by atoms with E-state index >= 15 is 0 Å². The van der Waals surface area contributed by atoms with Gasteiger partial charge in [-0.05, 0) is 17.9 Å². The van der Waals surface area contributed by atoms with Crippen LogP contribution in [0.15, 0.2) is 41.8 Å². The quantitative estimate of drug-likeness (QED) is 0.532. The minimum atomic E-state index is 0.732. The van der Waals surface area contributed by atoms with Crippen molar-refractivity contribution in [1.29, 1.82) is 0 Å². The van der Waals surface area contributed by atoms with Crippen LogP contribution in [0.3, 0.4) is 0 Å². The zero-order valence-electron chi connectivity index (χ0n) is 12.7. The fraction of sp³-hybridized carbons (Fsp3) is 0.250. The molecule has 0 N–H and O–H groups in total. The SMILES string of the molecule is CCSc1nc(-c2ccc(OC)cc2OC)cc2nccn12. The van der Waals surface area contributed by atoms with Gasteiger partial charge in [-0.2, -0.15) is 0 Å². The summed E-state index contributed by atoms with van der Waals surface area (Å²) in [7, 11) is 3.29. The number of methoxy groups -OCH3 is 2. The van der Waals surface area contributed by atoms with E-state index in [9.17, 15) is 0 Å². The second-order valence-electron chi connectivity index (χ2n) is 4.58. The van der Waals surface area contributed by atoms with Gasteiger partial charge < -0.3 is 9.47 Å². The van der Waals surface area contributed by atoms with Gasteiger partial charge >= 0.3 is 0 Å². The van der Waals surface area contributed by atoms with Gasteiger partial charge in [0.1, 0.15) is 17.1 Å². The molecule has 2 heterocycles. The number of nitrogens with zero attached hydrogens (tertiary/aromatic N) is 3. The number of benzene rings is 1. The Morgan fingerprint density at radius 2 is 2.05 bits per heavy atom. The van der Waals surface area contributed by atoms with E-state index in [4.69, 9.17) is 14.5 Å². The summed E-state index contributed by atoms with van der Waals surface area (Å²) in [5.74, 6) is 2.43. The van der Waals surface area contributed by atoms with E-state index in [0.717, 1.165) is 39.3 Å². The van der Waals surface area contributed by atoms with Gasteiger partial charge in [0, 0.05) is 30.1 Å². The van der Waals surface area contributed by atoms with Crippen LogP contribution >= 0.6 is 11.8 Å². The summed E-state index contributed by atoms with van der Waals surface area (Å²) in [6.45, 7) is 2.11. The van der Waals surface area contributed by atoms with Crippen LogP contribution in [0, 0.1) is 0 Å². The Morgan fingerprint density at radius 3 is 2.77 bits per heavy atom. The second kappa shape index (κ2) is 6.27. The molecule has 6 heteroatoms. The molecule has 0 aliphatic carbocycles. The highest BCUT2D eigenvalue weighted by molar-refractivity contribution is 7.99. The molecule has 3 aromatic rings. The van der Waals surface area contributed by atoms with Gasteiger partial charge in [0.2, 0.25) is 0 Å². The molecule has 3 rings (SSSR count). The summed E-state index contributed by atoms with van der Waals surface area (Å²) in [5, 5.41) is 0.922. The van der Waals surface area contributed by atoms with E-state index in [1.165, 1.54) is 0 Å². The summed E-state index contributed by atoms with van der Waals surface area (Å²) in [4.78, 5) is 9.14. The zero-order chi connectivity index (χ0) is 15.5. The summed E-state index contributed by atoms with van der Waals surface area (Å²) in [6.07, 6.45) is 3.71. The lowest BCUT2D eigenvalue weighted by molar-refractivity contribution is 0.395. The van der Waals surface area contributed by atoms with Gasteiger partial charge in [-0.3, -0.25) is 4.40 Å². The van der Waals surface area contributed by atoms with E-state index in [1.807, 2.05) is 34.9 Å². The smallest absolute Gasteiger partial charge is 0.174 e. The van der Waals surface area contributed by atoms with Crippen molar-refractivity contribution in [2.24, 2.45) is 0 Å². The molecule has 114 valence electrons. The summed E-state index contributed by atoms with van der Waals surface area (Å²) in [6, 6.07) is 7.69. The monoisotopic (exact) mass is 315 g/mol. The van der Waals surface area contributed by atoms with Gasteiger partial charge in [0.05, 0.1) is 19.9 Å². The number of aromatic nitrogens is 3. The van der Waals surface area contributed by atoms with Gasteiger partial charge in [-0.25, -0.2) is 9.97 Å². The van der Waals surface area contributed by atoms with Crippen molar-refractivity contribution in [2.45, 2.75) is 12.1 Å². The van der Waals surface area contributed by atoms with Crippen LogP contribution < -0.4 is 9.47 Å². The molecule has 0 saturated heterocycles. The van der Waals surface area contributed by atoms with Gasteiger partial charge in [-0.1, -0.05) is 18.7 Å². The van der Waals surface area contributed by atoms with E-state index < -0.39 is 0 Å². The van der Waals surface area contributed by atoms with E-state index in [1.54, 1.807) is 32.2 Å². The van der Waals surface area contributed by atoms with E-state index in [2.05, 4.69) is 11.9 Å². The highest BCUT2D eigenvalue weighted by Crippen LogP contribution is 2.33. The second-order valence-corrected chi connectivity index (χ2v) is 5.81. The van der Waals surface area contributed by atoms with Gasteiger partial charge in [-0.15, -0.1) is 0 Å². The van der Waals surface area contributed by atoms with Crippen LogP contribution in [0.5, 0.6) is 11.5 Å². The molecule has 0 fully saturated rings. The Hall–Kier alpha value is -2.21. The first-order valence-corrected chi connectivity index (χ1v) is 7.94. The fourth-order valence-corrected chi connectivity index (χ4v) is 2.99. The fourth-order valence-electron chi connectivity index (χ4n) is 2.27. The Labute approximate surface area is 133 Å². The molecule has 0 aliphatic rings. The molecular formula is C16H17N3O2S. The minimum absolute atomic E-state index is 0.732. The lowest BCUT2D eigenvalue weighted by atomic mass is 10.1. The zero-order valence-corrected chi connectivity index (χ0v) is 13.6. The van der Waals surface area contributed by atoms with Crippen molar-refractivity contribution in [1.82, 2.24) is 14.4 Å². The van der Waals surface area contributed by atoms with E-state index in [-0.39, 0.29) is 0 Å². The van der Waals surface area contributed by atoms with Crippen molar-refractivity contribution in [2.75, 3.05) is 20.0 Å². The summed E-state index contributed by atoms with van der Waals surface area (Å²) >= 11 is 1.69. The molecule has 0 saturated carbocycles.